The molecule has 0 radical (unpaired) electrons. The van der Waals surface area contributed by atoms with Crippen molar-refractivity contribution in [1.29, 1.82) is 0 Å². The zero-order valence-corrected chi connectivity index (χ0v) is 10.4. The van der Waals surface area contributed by atoms with E-state index in [9.17, 15) is 0 Å². The fourth-order valence-electron chi connectivity index (χ4n) is 1.25. The van der Waals surface area contributed by atoms with Gasteiger partial charge in [0, 0.05) is 17.6 Å². The van der Waals surface area contributed by atoms with Gasteiger partial charge in [-0.15, -0.1) is 0 Å². The predicted octanol–water partition coefficient (Wildman–Crippen LogP) is 2.08. The van der Waals surface area contributed by atoms with Gasteiger partial charge in [-0.2, -0.15) is 0 Å². The minimum atomic E-state index is 0.0347. The van der Waals surface area contributed by atoms with Crippen molar-refractivity contribution in [2.45, 2.75) is 26.0 Å². The molecule has 0 bridgehead atoms. The minimum absolute atomic E-state index is 0.0347. The number of nitrogens with one attached hydrogen (secondary N) is 1. The van der Waals surface area contributed by atoms with Crippen molar-refractivity contribution in [1.82, 2.24) is 5.32 Å². The number of hydrogen-bond acceptors (Lipinski definition) is 3. The van der Waals surface area contributed by atoms with E-state index in [1.54, 1.807) is 6.07 Å². The molecule has 90 valence electrons. The predicted molar refractivity (Wildman–Crippen MR) is 66.1 cm³/mol. The fraction of sp³-hybridized carbons (Fsp3) is 0.500. The first-order valence-electron chi connectivity index (χ1n) is 5.38. The van der Waals surface area contributed by atoms with Gasteiger partial charge in [-0.3, -0.25) is 0 Å². The van der Waals surface area contributed by atoms with Gasteiger partial charge < -0.3 is 15.2 Å². The molecule has 0 amide bonds. The number of ether oxygens (including phenoxy) is 1. The number of aliphatic hydroxyl groups is 1. The fourth-order valence-corrected chi connectivity index (χ4v) is 1.43. The van der Waals surface area contributed by atoms with Crippen LogP contribution in [-0.2, 0) is 0 Å². The summed E-state index contributed by atoms with van der Waals surface area (Å²) < 4.78 is 5.66. The summed E-state index contributed by atoms with van der Waals surface area (Å²) in [6.45, 7) is 4.71. The molecule has 0 aliphatic rings. The summed E-state index contributed by atoms with van der Waals surface area (Å²) in [5.74, 6) is 0.762. The smallest absolute Gasteiger partial charge is 0.121 e. The minimum Gasteiger partial charge on any atom is -0.489 e. The summed E-state index contributed by atoms with van der Waals surface area (Å²) in [6.07, 6.45) is 0.0347. The van der Waals surface area contributed by atoms with Crippen LogP contribution in [0.4, 0.5) is 0 Å². The molecule has 4 heteroatoms. The highest BCUT2D eigenvalue weighted by Gasteiger charge is 2.06. The number of rotatable bonds is 6. The summed E-state index contributed by atoms with van der Waals surface area (Å²) in [6, 6.07) is 7.41. The maximum atomic E-state index is 8.85. The number of aliphatic hydroxyl groups excluding tert-OH is 1. The van der Waals surface area contributed by atoms with Crippen molar-refractivity contribution in [3.63, 3.8) is 0 Å². The Balaban J connectivity index is 2.36. The van der Waals surface area contributed by atoms with Crippen molar-refractivity contribution < 1.29 is 9.84 Å². The van der Waals surface area contributed by atoms with Crippen LogP contribution in [0.5, 0.6) is 5.75 Å². The molecule has 0 heterocycles. The lowest BCUT2D eigenvalue weighted by molar-refractivity contribution is 0.195. The maximum Gasteiger partial charge on any atom is 0.121 e. The van der Waals surface area contributed by atoms with Crippen LogP contribution in [0.25, 0.3) is 0 Å². The van der Waals surface area contributed by atoms with Crippen molar-refractivity contribution in [2.75, 3.05) is 13.2 Å². The van der Waals surface area contributed by atoms with E-state index >= 15 is 0 Å². The second-order valence-electron chi connectivity index (χ2n) is 3.88. The Morgan fingerprint density at radius 2 is 2.19 bits per heavy atom. The van der Waals surface area contributed by atoms with Gasteiger partial charge in [-0.25, -0.2) is 0 Å². The average Bonchev–Trinajstić information content (AvgIpc) is 2.26. The molecule has 0 saturated heterocycles. The van der Waals surface area contributed by atoms with Gasteiger partial charge in [-0.1, -0.05) is 17.7 Å². The molecular weight excluding hydrogens is 226 g/mol. The van der Waals surface area contributed by atoms with E-state index in [1.807, 2.05) is 32.0 Å². The van der Waals surface area contributed by atoms with Crippen molar-refractivity contribution >= 4 is 11.6 Å². The first kappa shape index (κ1) is 13.3. The molecule has 0 saturated carbocycles. The summed E-state index contributed by atoms with van der Waals surface area (Å²) in [4.78, 5) is 0. The van der Waals surface area contributed by atoms with E-state index < -0.39 is 0 Å². The standard InChI is InChI=1S/C12H18ClNO2/c1-9(8-15)14-7-10(2)16-12-5-3-4-11(13)6-12/h3-6,9-10,14-15H,7-8H2,1-2H3. The van der Waals surface area contributed by atoms with Crippen LogP contribution < -0.4 is 10.1 Å². The van der Waals surface area contributed by atoms with Gasteiger partial charge in [0.2, 0.25) is 0 Å². The Bertz CT molecular complexity index is 320. The Labute approximate surface area is 101 Å². The van der Waals surface area contributed by atoms with Gasteiger partial charge in [0.1, 0.15) is 11.9 Å². The lowest BCUT2D eigenvalue weighted by Gasteiger charge is -2.18. The van der Waals surface area contributed by atoms with E-state index in [1.165, 1.54) is 0 Å². The molecule has 2 N–H and O–H groups in total. The zero-order valence-electron chi connectivity index (χ0n) is 9.61. The second-order valence-corrected chi connectivity index (χ2v) is 4.31. The van der Waals surface area contributed by atoms with Crippen molar-refractivity contribution in [2.24, 2.45) is 0 Å². The average molecular weight is 244 g/mol. The lowest BCUT2D eigenvalue weighted by Crippen LogP contribution is -2.36. The molecule has 1 aromatic rings. The number of hydrogen-bond donors (Lipinski definition) is 2. The highest BCUT2D eigenvalue weighted by atomic mass is 35.5. The Kier molecular flexibility index (Phi) is 5.60. The Hall–Kier alpha value is -0.770. The van der Waals surface area contributed by atoms with E-state index in [0.29, 0.717) is 11.6 Å². The first-order valence-corrected chi connectivity index (χ1v) is 5.76. The topological polar surface area (TPSA) is 41.5 Å². The SMILES string of the molecule is CC(CO)NCC(C)Oc1cccc(Cl)c1. The molecule has 1 aromatic carbocycles. The molecule has 0 aromatic heterocycles. The molecule has 2 unspecified atom stereocenters. The van der Waals surface area contributed by atoms with Crippen LogP contribution in [0.15, 0.2) is 24.3 Å². The van der Waals surface area contributed by atoms with Crippen LogP contribution in [0.3, 0.4) is 0 Å². The third-order valence-electron chi connectivity index (χ3n) is 2.16. The molecule has 0 fully saturated rings. The van der Waals surface area contributed by atoms with Crippen LogP contribution >= 0.6 is 11.6 Å². The molecular formula is C12H18ClNO2. The summed E-state index contributed by atoms with van der Waals surface area (Å²) in [7, 11) is 0. The molecule has 0 spiro atoms. The molecule has 16 heavy (non-hydrogen) atoms. The van der Waals surface area contributed by atoms with Gasteiger partial charge in [0.15, 0.2) is 0 Å². The highest BCUT2D eigenvalue weighted by Crippen LogP contribution is 2.18. The molecule has 1 rings (SSSR count). The first-order chi connectivity index (χ1) is 7.61. The van der Waals surface area contributed by atoms with Gasteiger partial charge in [0.05, 0.1) is 6.61 Å². The lowest BCUT2D eigenvalue weighted by atomic mass is 10.3. The zero-order chi connectivity index (χ0) is 12.0. The molecule has 0 aliphatic carbocycles. The monoisotopic (exact) mass is 243 g/mol. The normalized spacial score (nSPS) is 14.5. The quantitative estimate of drug-likeness (QED) is 0.804. The van der Waals surface area contributed by atoms with Crippen LogP contribution in [0, 0.1) is 0 Å². The number of benzene rings is 1. The largest absolute Gasteiger partial charge is 0.489 e. The molecule has 0 aliphatic heterocycles. The van der Waals surface area contributed by atoms with E-state index in [2.05, 4.69) is 5.32 Å². The Morgan fingerprint density at radius 1 is 1.44 bits per heavy atom. The number of halogens is 1. The van der Waals surface area contributed by atoms with Crippen molar-refractivity contribution in [3.8, 4) is 5.75 Å². The third kappa shape index (κ3) is 4.84. The van der Waals surface area contributed by atoms with Gasteiger partial charge in [0.25, 0.3) is 0 Å². The van der Waals surface area contributed by atoms with E-state index in [4.69, 9.17) is 21.4 Å². The molecule has 2 atom stereocenters. The maximum absolute atomic E-state index is 8.85. The second kappa shape index (κ2) is 6.74. The van der Waals surface area contributed by atoms with Gasteiger partial charge >= 0.3 is 0 Å². The highest BCUT2D eigenvalue weighted by molar-refractivity contribution is 6.30. The van der Waals surface area contributed by atoms with E-state index in [-0.39, 0.29) is 18.8 Å². The van der Waals surface area contributed by atoms with Crippen LogP contribution in [0.2, 0.25) is 5.02 Å². The van der Waals surface area contributed by atoms with Crippen LogP contribution in [-0.4, -0.2) is 30.4 Å². The van der Waals surface area contributed by atoms with Crippen LogP contribution in [0.1, 0.15) is 13.8 Å². The molecule has 3 nitrogen and oxygen atoms in total. The van der Waals surface area contributed by atoms with Gasteiger partial charge in [-0.05, 0) is 32.0 Å². The van der Waals surface area contributed by atoms with E-state index in [0.717, 1.165) is 5.75 Å². The Morgan fingerprint density at radius 3 is 2.81 bits per heavy atom. The summed E-state index contributed by atoms with van der Waals surface area (Å²) in [5, 5.41) is 12.7. The summed E-state index contributed by atoms with van der Waals surface area (Å²) >= 11 is 5.85. The third-order valence-corrected chi connectivity index (χ3v) is 2.40. The van der Waals surface area contributed by atoms with Crippen molar-refractivity contribution in [3.05, 3.63) is 29.3 Å². The summed E-state index contributed by atoms with van der Waals surface area (Å²) in [5.41, 5.74) is 0.